The highest BCUT2D eigenvalue weighted by molar-refractivity contribution is 5.16. The summed E-state index contributed by atoms with van der Waals surface area (Å²) in [6, 6.07) is 0. The second-order valence-corrected chi connectivity index (χ2v) is 2.65. The second kappa shape index (κ2) is 3.30. The summed E-state index contributed by atoms with van der Waals surface area (Å²) in [5.74, 6) is 0. The van der Waals surface area contributed by atoms with Gasteiger partial charge in [0.25, 0.3) is 0 Å². The topological polar surface area (TPSA) is 60.7 Å². The number of aliphatic hydroxyl groups excluding tert-OH is 3. The van der Waals surface area contributed by atoms with Crippen molar-refractivity contribution in [3.63, 3.8) is 0 Å². The number of rotatable bonds is 1. The van der Waals surface area contributed by atoms with Crippen molar-refractivity contribution in [1.82, 2.24) is 0 Å². The van der Waals surface area contributed by atoms with Gasteiger partial charge in [-0.05, 0) is 12.0 Å². The number of alkyl halides is 1. The average Bonchev–Trinajstić information content (AvgIpc) is 2.01. The van der Waals surface area contributed by atoms with Crippen LogP contribution in [-0.4, -0.2) is 40.3 Å². The molecule has 0 spiro atoms. The van der Waals surface area contributed by atoms with Crippen molar-refractivity contribution in [1.29, 1.82) is 0 Å². The van der Waals surface area contributed by atoms with Gasteiger partial charge in [0.1, 0.15) is 18.9 Å². The molecule has 0 bridgehead atoms. The lowest BCUT2D eigenvalue weighted by Gasteiger charge is -2.27. The molecule has 3 nitrogen and oxygen atoms in total. The molecule has 0 heterocycles. The maximum Gasteiger partial charge on any atom is 0.113 e. The first-order chi connectivity index (χ1) is 5.16. The van der Waals surface area contributed by atoms with Gasteiger partial charge in [0.2, 0.25) is 0 Å². The van der Waals surface area contributed by atoms with E-state index in [2.05, 4.69) is 0 Å². The molecular formula is C7H11FO3. The standard InChI is InChI=1S/C7H11FO3/c8-3-4-1-2-5(9)7(11)6(4)10/h1,5-7,9-11H,2-3H2/t5-,6+,7+/m0/s1. The molecule has 1 aliphatic carbocycles. The van der Waals surface area contributed by atoms with E-state index >= 15 is 0 Å². The van der Waals surface area contributed by atoms with Gasteiger partial charge in [-0.25, -0.2) is 4.39 Å². The SMILES string of the molecule is O[C@H]1[C@H](O)C(CF)=CC[C@@H]1O. The van der Waals surface area contributed by atoms with Crippen molar-refractivity contribution in [2.24, 2.45) is 0 Å². The zero-order valence-corrected chi connectivity index (χ0v) is 5.94. The Labute approximate surface area is 63.8 Å². The lowest BCUT2D eigenvalue weighted by Crippen LogP contribution is -2.41. The zero-order valence-electron chi connectivity index (χ0n) is 5.94. The molecule has 3 atom stereocenters. The van der Waals surface area contributed by atoms with E-state index in [1.54, 1.807) is 0 Å². The van der Waals surface area contributed by atoms with Crippen molar-refractivity contribution < 1.29 is 19.7 Å². The van der Waals surface area contributed by atoms with Crippen molar-refractivity contribution in [2.45, 2.75) is 24.7 Å². The Morgan fingerprint density at radius 2 is 2.09 bits per heavy atom. The highest BCUT2D eigenvalue weighted by Crippen LogP contribution is 2.19. The van der Waals surface area contributed by atoms with Crippen LogP contribution in [0.4, 0.5) is 4.39 Å². The first-order valence-electron chi connectivity index (χ1n) is 3.46. The van der Waals surface area contributed by atoms with E-state index in [0.717, 1.165) is 0 Å². The third kappa shape index (κ3) is 1.58. The van der Waals surface area contributed by atoms with Crippen molar-refractivity contribution >= 4 is 0 Å². The average molecular weight is 162 g/mol. The maximum atomic E-state index is 12.0. The Balaban J connectivity index is 2.70. The number of hydrogen-bond donors (Lipinski definition) is 3. The number of aliphatic hydroxyl groups is 3. The van der Waals surface area contributed by atoms with Gasteiger partial charge in [0.05, 0.1) is 6.10 Å². The molecular weight excluding hydrogens is 151 g/mol. The Hall–Kier alpha value is -0.450. The molecule has 64 valence electrons. The molecule has 0 aliphatic heterocycles. The van der Waals surface area contributed by atoms with Crippen LogP contribution in [0.3, 0.4) is 0 Å². The Morgan fingerprint density at radius 3 is 2.64 bits per heavy atom. The Morgan fingerprint density at radius 1 is 1.45 bits per heavy atom. The van der Waals surface area contributed by atoms with Crippen molar-refractivity contribution in [3.05, 3.63) is 11.6 Å². The molecule has 0 fully saturated rings. The monoisotopic (exact) mass is 162 g/mol. The summed E-state index contributed by atoms with van der Waals surface area (Å²) >= 11 is 0. The lowest BCUT2D eigenvalue weighted by molar-refractivity contribution is -0.0520. The summed E-state index contributed by atoms with van der Waals surface area (Å²) in [5.41, 5.74) is 0.155. The molecule has 4 heteroatoms. The van der Waals surface area contributed by atoms with Crippen LogP contribution >= 0.6 is 0 Å². The van der Waals surface area contributed by atoms with E-state index < -0.39 is 25.0 Å². The van der Waals surface area contributed by atoms with Crippen LogP contribution in [0.1, 0.15) is 6.42 Å². The van der Waals surface area contributed by atoms with Crippen LogP contribution in [-0.2, 0) is 0 Å². The molecule has 3 N–H and O–H groups in total. The number of hydrogen-bond acceptors (Lipinski definition) is 3. The van der Waals surface area contributed by atoms with Gasteiger partial charge >= 0.3 is 0 Å². The minimum atomic E-state index is -1.25. The molecule has 0 aromatic rings. The molecule has 0 saturated carbocycles. The lowest BCUT2D eigenvalue weighted by atomic mass is 9.92. The second-order valence-electron chi connectivity index (χ2n) is 2.65. The molecule has 0 saturated heterocycles. The maximum absolute atomic E-state index is 12.0. The summed E-state index contributed by atoms with van der Waals surface area (Å²) in [6.07, 6.45) is -1.84. The first kappa shape index (κ1) is 8.64. The molecule has 0 aromatic heterocycles. The van der Waals surface area contributed by atoms with Gasteiger partial charge in [-0.3, -0.25) is 0 Å². The highest BCUT2D eigenvalue weighted by Gasteiger charge is 2.30. The molecule has 1 aliphatic rings. The van der Waals surface area contributed by atoms with Crippen LogP contribution in [0.25, 0.3) is 0 Å². The fraction of sp³-hybridized carbons (Fsp3) is 0.714. The predicted molar refractivity (Wildman–Crippen MR) is 36.7 cm³/mol. The summed E-state index contributed by atoms with van der Waals surface area (Å²) in [6.45, 7) is -0.773. The summed E-state index contributed by atoms with van der Waals surface area (Å²) < 4.78 is 12.0. The highest BCUT2D eigenvalue weighted by atomic mass is 19.1. The van der Waals surface area contributed by atoms with Crippen LogP contribution in [0, 0.1) is 0 Å². The van der Waals surface area contributed by atoms with E-state index in [1.807, 2.05) is 0 Å². The van der Waals surface area contributed by atoms with Gasteiger partial charge in [-0.1, -0.05) is 6.08 Å². The summed E-state index contributed by atoms with van der Waals surface area (Å²) in [4.78, 5) is 0. The third-order valence-corrected chi connectivity index (χ3v) is 1.87. The van der Waals surface area contributed by atoms with Crippen LogP contribution in [0.15, 0.2) is 11.6 Å². The summed E-state index contributed by atoms with van der Waals surface area (Å²) in [5, 5.41) is 27.1. The molecule has 0 radical (unpaired) electrons. The smallest absolute Gasteiger partial charge is 0.113 e. The molecule has 11 heavy (non-hydrogen) atoms. The molecule has 0 unspecified atom stereocenters. The molecule has 0 aromatic carbocycles. The summed E-state index contributed by atoms with van der Waals surface area (Å²) in [7, 11) is 0. The normalized spacial score (nSPS) is 38.5. The van der Waals surface area contributed by atoms with Gasteiger partial charge in [-0.15, -0.1) is 0 Å². The fourth-order valence-corrected chi connectivity index (χ4v) is 1.10. The minimum Gasteiger partial charge on any atom is -0.390 e. The van der Waals surface area contributed by atoms with Gasteiger partial charge < -0.3 is 15.3 Å². The van der Waals surface area contributed by atoms with Gasteiger partial charge in [0.15, 0.2) is 0 Å². The van der Waals surface area contributed by atoms with Crippen LogP contribution in [0.2, 0.25) is 0 Å². The van der Waals surface area contributed by atoms with E-state index in [0.29, 0.717) is 0 Å². The first-order valence-corrected chi connectivity index (χ1v) is 3.46. The van der Waals surface area contributed by atoms with Crippen molar-refractivity contribution in [2.75, 3.05) is 6.67 Å². The Bertz CT molecular complexity index is 169. The van der Waals surface area contributed by atoms with Crippen LogP contribution < -0.4 is 0 Å². The van der Waals surface area contributed by atoms with Gasteiger partial charge in [0, 0.05) is 0 Å². The van der Waals surface area contributed by atoms with Gasteiger partial charge in [-0.2, -0.15) is 0 Å². The van der Waals surface area contributed by atoms with E-state index in [9.17, 15) is 4.39 Å². The zero-order chi connectivity index (χ0) is 8.43. The minimum absolute atomic E-state index is 0.155. The molecule has 0 amide bonds. The largest absolute Gasteiger partial charge is 0.390 e. The van der Waals surface area contributed by atoms with E-state index in [4.69, 9.17) is 15.3 Å². The van der Waals surface area contributed by atoms with E-state index in [-0.39, 0.29) is 12.0 Å². The predicted octanol–water partition coefficient (Wildman–Crippen LogP) is -0.631. The third-order valence-electron chi connectivity index (χ3n) is 1.87. The van der Waals surface area contributed by atoms with Crippen LogP contribution in [0.5, 0.6) is 0 Å². The number of halogens is 1. The fourth-order valence-electron chi connectivity index (χ4n) is 1.10. The van der Waals surface area contributed by atoms with Crippen molar-refractivity contribution in [3.8, 4) is 0 Å². The molecule has 1 rings (SSSR count). The Kier molecular flexibility index (Phi) is 2.59. The quantitative estimate of drug-likeness (QED) is 0.450. The van der Waals surface area contributed by atoms with E-state index in [1.165, 1.54) is 6.08 Å².